The molecule has 1 aromatic rings. The van der Waals surface area contributed by atoms with Gasteiger partial charge in [0.1, 0.15) is 0 Å². The van der Waals surface area contributed by atoms with Gasteiger partial charge < -0.3 is 15.2 Å². The Balaban J connectivity index is 2.00. The third-order valence-electron chi connectivity index (χ3n) is 5.33. The Morgan fingerprint density at radius 2 is 1.47 bits per heavy atom. The molecule has 0 amide bonds. The number of carbonyl (C=O) groups is 1. The molecule has 1 aromatic carbocycles. The fourth-order valence-electron chi connectivity index (χ4n) is 3.44. The molecule has 0 radical (unpaired) electrons. The van der Waals surface area contributed by atoms with E-state index in [1.165, 1.54) is 70.6 Å². The summed E-state index contributed by atoms with van der Waals surface area (Å²) < 4.78 is 10.7. The van der Waals surface area contributed by atoms with Gasteiger partial charge in [0.05, 0.1) is 7.11 Å². The first-order valence-corrected chi connectivity index (χ1v) is 11.9. The molecule has 4 nitrogen and oxygen atoms in total. The molecule has 0 aromatic heterocycles. The molecule has 1 rings (SSSR count). The van der Waals surface area contributed by atoms with Crippen LogP contribution in [0.1, 0.15) is 102 Å². The minimum atomic E-state index is -0.202. The molecule has 0 saturated carbocycles. The Labute approximate surface area is 184 Å². The van der Waals surface area contributed by atoms with Crippen molar-refractivity contribution in [3.63, 3.8) is 0 Å². The number of ether oxygens (including phenoxy) is 2. The Hall–Kier alpha value is -1.81. The van der Waals surface area contributed by atoms with Crippen LogP contribution in [0.15, 0.2) is 30.4 Å². The van der Waals surface area contributed by atoms with E-state index in [-0.39, 0.29) is 5.97 Å². The van der Waals surface area contributed by atoms with E-state index in [0.29, 0.717) is 24.5 Å². The first-order chi connectivity index (χ1) is 14.7. The highest BCUT2D eigenvalue weighted by atomic mass is 16.6. The van der Waals surface area contributed by atoms with Gasteiger partial charge in [-0.05, 0) is 49.8 Å². The maximum Gasteiger partial charge on any atom is 0.311 e. The van der Waals surface area contributed by atoms with Crippen LogP contribution >= 0.6 is 0 Å². The van der Waals surface area contributed by atoms with E-state index in [2.05, 4.69) is 19.1 Å². The lowest BCUT2D eigenvalue weighted by Crippen LogP contribution is -2.09. The Morgan fingerprint density at radius 1 is 0.867 bits per heavy atom. The number of benzene rings is 1. The van der Waals surface area contributed by atoms with E-state index < -0.39 is 0 Å². The molecule has 0 bridgehead atoms. The molecule has 170 valence electrons. The van der Waals surface area contributed by atoms with Gasteiger partial charge in [0.2, 0.25) is 0 Å². The van der Waals surface area contributed by atoms with Crippen LogP contribution in [0.25, 0.3) is 0 Å². The number of rotatable bonds is 18. The average molecular weight is 418 g/mol. The summed E-state index contributed by atoms with van der Waals surface area (Å²) in [5.41, 5.74) is 6.58. The van der Waals surface area contributed by atoms with Gasteiger partial charge in [-0.25, -0.2) is 0 Å². The summed E-state index contributed by atoms with van der Waals surface area (Å²) in [4.78, 5) is 12.1. The number of hydrogen-bond acceptors (Lipinski definition) is 4. The third kappa shape index (κ3) is 12.7. The number of allylic oxidation sites excluding steroid dienone is 2. The third-order valence-corrected chi connectivity index (χ3v) is 5.33. The summed E-state index contributed by atoms with van der Waals surface area (Å²) in [5, 5.41) is 0. The van der Waals surface area contributed by atoms with Gasteiger partial charge in [0.15, 0.2) is 11.5 Å². The second-order valence-electron chi connectivity index (χ2n) is 8.00. The molecule has 4 heteroatoms. The molecule has 0 unspecified atom stereocenters. The highest BCUT2D eigenvalue weighted by Crippen LogP contribution is 2.28. The van der Waals surface area contributed by atoms with E-state index in [1.807, 2.05) is 12.1 Å². The van der Waals surface area contributed by atoms with Crippen molar-refractivity contribution in [3.8, 4) is 11.5 Å². The van der Waals surface area contributed by atoms with E-state index in [9.17, 15) is 4.79 Å². The molecule has 0 aliphatic heterocycles. The van der Waals surface area contributed by atoms with Crippen molar-refractivity contribution in [1.82, 2.24) is 0 Å². The Kier molecular flexibility index (Phi) is 15.7. The van der Waals surface area contributed by atoms with Gasteiger partial charge in [-0.1, -0.05) is 76.5 Å². The maximum atomic E-state index is 12.1. The van der Waals surface area contributed by atoms with Crippen molar-refractivity contribution >= 4 is 5.97 Å². The number of hydrogen-bond donors (Lipinski definition) is 1. The highest BCUT2D eigenvalue weighted by Gasteiger charge is 2.10. The Morgan fingerprint density at radius 3 is 2.07 bits per heavy atom. The predicted octanol–water partition coefficient (Wildman–Crippen LogP) is 7.10. The topological polar surface area (TPSA) is 61.5 Å². The van der Waals surface area contributed by atoms with Crippen molar-refractivity contribution in [2.24, 2.45) is 5.73 Å². The summed E-state index contributed by atoms with van der Waals surface area (Å²) in [6.45, 7) is 2.69. The first-order valence-electron chi connectivity index (χ1n) is 11.9. The zero-order valence-electron chi connectivity index (χ0n) is 19.3. The standard InChI is InChI=1S/C26H43NO3/c1-3-4-5-6-7-8-9-10-11-12-13-14-15-16-17-18-26(28)30-24-20-19-23(22-27)21-25(24)29-2/h10-11,19-21H,3-9,12-18,22,27H2,1-2H3/b11-10-. The summed E-state index contributed by atoms with van der Waals surface area (Å²) in [6.07, 6.45) is 21.3. The minimum absolute atomic E-state index is 0.202. The first kappa shape index (κ1) is 26.2. The molecular weight excluding hydrogens is 374 g/mol. The molecule has 2 N–H and O–H groups in total. The van der Waals surface area contributed by atoms with Crippen LogP contribution in [-0.2, 0) is 11.3 Å². The predicted molar refractivity (Wildman–Crippen MR) is 126 cm³/mol. The van der Waals surface area contributed by atoms with Gasteiger partial charge in [0, 0.05) is 13.0 Å². The zero-order valence-corrected chi connectivity index (χ0v) is 19.3. The minimum Gasteiger partial charge on any atom is -0.493 e. The van der Waals surface area contributed by atoms with Crippen LogP contribution in [0, 0.1) is 0 Å². The van der Waals surface area contributed by atoms with Crippen molar-refractivity contribution in [1.29, 1.82) is 0 Å². The van der Waals surface area contributed by atoms with Gasteiger partial charge >= 0.3 is 5.97 Å². The maximum absolute atomic E-state index is 12.1. The molecule has 30 heavy (non-hydrogen) atoms. The Bertz CT molecular complexity index is 598. The SMILES string of the molecule is CCCCCCCC/C=C\CCCCCCCC(=O)Oc1ccc(CN)cc1OC. The van der Waals surface area contributed by atoms with Crippen molar-refractivity contribution in [3.05, 3.63) is 35.9 Å². The number of methoxy groups -OCH3 is 1. The molecule has 0 heterocycles. The molecule has 0 atom stereocenters. The van der Waals surface area contributed by atoms with Gasteiger partial charge in [-0.3, -0.25) is 4.79 Å². The van der Waals surface area contributed by atoms with Gasteiger partial charge in [0.25, 0.3) is 0 Å². The number of carbonyl (C=O) groups excluding carboxylic acids is 1. The van der Waals surface area contributed by atoms with Crippen LogP contribution in [-0.4, -0.2) is 13.1 Å². The van der Waals surface area contributed by atoms with Crippen molar-refractivity contribution in [2.45, 2.75) is 103 Å². The van der Waals surface area contributed by atoms with E-state index >= 15 is 0 Å². The van der Waals surface area contributed by atoms with E-state index in [1.54, 1.807) is 13.2 Å². The highest BCUT2D eigenvalue weighted by molar-refractivity contribution is 5.73. The second-order valence-corrected chi connectivity index (χ2v) is 8.00. The average Bonchev–Trinajstić information content (AvgIpc) is 2.76. The smallest absolute Gasteiger partial charge is 0.311 e. The summed E-state index contributed by atoms with van der Waals surface area (Å²) in [5.74, 6) is 0.815. The lowest BCUT2D eigenvalue weighted by molar-refractivity contribution is -0.134. The number of nitrogens with two attached hydrogens (primary N) is 1. The largest absolute Gasteiger partial charge is 0.493 e. The molecule has 0 spiro atoms. The fourth-order valence-corrected chi connectivity index (χ4v) is 3.44. The molecule has 0 fully saturated rings. The van der Waals surface area contributed by atoms with Gasteiger partial charge in [-0.15, -0.1) is 0 Å². The van der Waals surface area contributed by atoms with Crippen LogP contribution in [0.2, 0.25) is 0 Å². The molecule has 0 aliphatic rings. The molecular formula is C26H43NO3. The number of unbranched alkanes of at least 4 members (excludes halogenated alkanes) is 11. The van der Waals surface area contributed by atoms with E-state index in [0.717, 1.165) is 18.4 Å². The molecule has 0 aliphatic carbocycles. The van der Waals surface area contributed by atoms with Crippen LogP contribution in [0.4, 0.5) is 0 Å². The summed E-state index contributed by atoms with van der Waals surface area (Å²) in [7, 11) is 1.57. The second kappa shape index (κ2) is 18.0. The lowest BCUT2D eigenvalue weighted by Gasteiger charge is -2.10. The summed E-state index contributed by atoms with van der Waals surface area (Å²) in [6, 6.07) is 5.41. The lowest BCUT2D eigenvalue weighted by atomic mass is 10.1. The van der Waals surface area contributed by atoms with Gasteiger partial charge in [-0.2, -0.15) is 0 Å². The zero-order chi connectivity index (χ0) is 21.9. The quantitative estimate of drug-likeness (QED) is 0.120. The van der Waals surface area contributed by atoms with E-state index in [4.69, 9.17) is 15.2 Å². The van der Waals surface area contributed by atoms with Crippen molar-refractivity contribution in [2.75, 3.05) is 7.11 Å². The van der Waals surface area contributed by atoms with Crippen molar-refractivity contribution < 1.29 is 14.3 Å². The van der Waals surface area contributed by atoms with Crippen LogP contribution in [0.3, 0.4) is 0 Å². The van der Waals surface area contributed by atoms with Crippen LogP contribution < -0.4 is 15.2 Å². The number of esters is 1. The summed E-state index contributed by atoms with van der Waals surface area (Å²) >= 11 is 0. The molecule has 0 saturated heterocycles. The fraction of sp³-hybridized carbons (Fsp3) is 0.654. The monoisotopic (exact) mass is 417 g/mol. The van der Waals surface area contributed by atoms with Crippen LogP contribution in [0.5, 0.6) is 11.5 Å². The normalized spacial score (nSPS) is 11.2.